The van der Waals surface area contributed by atoms with Crippen LogP contribution in [-0.2, 0) is 4.79 Å². The Morgan fingerprint density at radius 2 is 2.00 bits per heavy atom. The lowest BCUT2D eigenvalue weighted by Gasteiger charge is -2.05. The third-order valence-corrected chi connectivity index (χ3v) is 2.66. The predicted molar refractivity (Wildman–Crippen MR) is 63.3 cm³/mol. The monoisotopic (exact) mass is 285 g/mol. The number of carboxylic acids is 1. The van der Waals surface area contributed by atoms with Gasteiger partial charge in [-0.05, 0) is 34.5 Å². The summed E-state index contributed by atoms with van der Waals surface area (Å²) >= 11 is 3.27. The van der Waals surface area contributed by atoms with Gasteiger partial charge in [0, 0.05) is 17.4 Å². The lowest BCUT2D eigenvalue weighted by Crippen LogP contribution is -2.25. The molecule has 0 unspecified atom stereocenters. The van der Waals surface area contributed by atoms with Crippen LogP contribution in [0.25, 0.3) is 0 Å². The average molecular weight is 286 g/mol. The molecule has 0 aliphatic rings. The fourth-order valence-electron chi connectivity index (χ4n) is 1.18. The number of nitrogens with one attached hydrogen (secondary N) is 1. The summed E-state index contributed by atoms with van der Waals surface area (Å²) < 4.78 is 0.728. The molecule has 0 radical (unpaired) electrons. The van der Waals surface area contributed by atoms with E-state index in [9.17, 15) is 9.59 Å². The molecule has 0 fully saturated rings. The molecule has 5 heteroatoms. The van der Waals surface area contributed by atoms with Gasteiger partial charge in [0.25, 0.3) is 5.91 Å². The fourth-order valence-corrected chi connectivity index (χ4v) is 1.65. The third kappa shape index (κ3) is 4.02. The Labute approximate surface area is 102 Å². The van der Waals surface area contributed by atoms with Crippen LogP contribution in [-0.4, -0.2) is 23.5 Å². The summed E-state index contributed by atoms with van der Waals surface area (Å²) in [7, 11) is 0. The van der Waals surface area contributed by atoms with Gasteiger partial charge in [-0.15, -0.1) is 0 Å². The summed E-state index contributed by atoms with van der Waals surface area (Å²) in [5.74, 6) is -1.05. The number of aliphatic carboxylic acids is 1. The summed E-state index contributed by atoms with van der Waals surface area (Å²) in [6.07, 6.45) is 0.502. The van der Waals surface area contributed by atoms with E-state index < -0.39 is 5.97 Å². The van der Waals surface area contributed by atoms with Crippen LogP contribution in [0.1, 0.15) is 23.2 Å². The molecular formula is C11H12BrNO3. The van der Waals surface area contributed by atoms with E-state index in [-0.39, 0.29) is 12.3 Å². The summed E-state index contributed by atoms with van der Waals surface area (Å²) in [6, 6.07) is 7.09. The van der Waals surface area contributed by atoms with Gasteiger partial charge in [0.15, 0.2) is 0 Å². The summed E-state index contributed by atoms with van der Waals surface area (Å²) in [4.78, 5) is 21.9. The van der Waals surface area contributed by atoms with Crippen LogP contribution < -0.4 is 5.32 Å². The van der Waals surface area contributed by atoms with Gasteiger partial charge >= 0.3 is 5.97 Å². The highest BCUT2D eigenvalue weighted by atomic mass is 79.9. The number of carbonyl (C=O) groups excluding carboxylic acids is 1. The second-order valence-electron chi connectivity index (χ2n) is 3.23. The lowest BCUT2D eigenvalue weighted by atomic mass is 10.2. The third-order valence-electron chi connectivity index (χ3n) is 1.97. The Morgan fingerprint density at radius 1 is 1.31 bits per heavy atom. The van der Waals surface area contributed by atoms with E-state index in [0.717, 1.165) is 4.47 Å². The maximum Gasteiger partial charge on any atom is 0.303 e. The molecule has 0 aliphatic carbocycles. The van der Waals surface area contributed by atoms with E-state index >= 15 is 0 Å². The maximum atomic E-state index is 11.6. The minimum Gasteiger partial charge on any atom is -0.481 e. The van der Waals surface area contributed by atoms with Crippen molar-refractivity contribution in [2.45, 2.75) is 12.8 Å². The molecule has 0 saturated carbocycles. The van der Waals surface area contributed by atoms with Gasteiger partial charge in [0.2, 0.25) is 0 Å². The predicted octanol–water partition coefficient (Wildman–Crippen LogP) is 2.04. The average Bonchev–Trinajstić information content (AvgIpc) is 2.24. The molecule has 0 saturated heterocycles. The molecular weight excluding hydrogens is 274 g/mol. The highest BCUT2D eigenvalue weighted by Gasteiger charge is 2.08. The van der Waals surface area contributed by atoms with E-state index in [0.29, 0.717) is 18.5 Å². The van der Waals surface area contributed by atoms with Crippen molar-refractivity contribution >= 4 is 27.8 Å². The van der Waals surface area contributed by atoms with Crippen LogP contribution in [0.4, 0.5) is 0 Å². The lowest BCUT2D eigenvalue weighted by molar-refractivity contribution is -0.137. The van der Waals surface area contributed by atoms with Crippen molar-refractivity contribution in [2.75, 3.05) is 6.54 Å². The van der Waals surface area contributed by atoms with Crippen molar-refractivity contribution in [3.05, 3.63) is 34.3 Å². The van der Waals surface area contributed by atoms with Gasteiger partial charge in [-0.25, -0.2) is 0 Å². The van der Waals surface area contributed by atoms with E-state index in [2.05, 4.69) is 21.2 Å². The van der Waals surface area contributed by atoms with Gasteiger partial charge in [0.05, 0.1) is 5.56 Å². The molecule has 1 amide bonds. The number of carboxylic acid groups (broad SMARTS) is 1. The van der Waals surface area contributed by atoms with Crippen LogP contribution in [0.3, 0.4) is 0 Å². The van der Waals surface area contributed by atoms with Crippen LogP contribution in [0.15, 0.2) is 28.7 Å². The first-order valence-electron chi connectivity index (χ1n) is 4.86. The zero-order chi connectivity index (χ0) is 12.0. The molecule has 0 spiro atoms. The minimum atomic E-state index is -0.852. The van der Waals surface area contributed by atoms with Crippen molar-refractivity contribution in [1.29, 1.82) is 0 Å². The van der Waals surface area contributed by atoms with E-state index in [1.165, 1.54) is 0 Å². The molecule has 1 aromatic carbocycles. The highest BCUT2D eigenvalue weighted by molar-refractivity contribution is 9.10. The molecule has 0 aliphatic heterocycles. The SMILES string of the molecule is O=C(O)CCCNC(=O)c1ccccc1Br. The Bertz CT molecular complexity index is 393. The Morgan fingerprint density at radius 3 is 2.62 bits per heavy atom. The van der Waals surface area contributed by atoms with Gasteiger partial charge < -0.3 is 10.4 Å². The molecule has 1 aromatic rings. The summed E-state index contributed by atoms with van der Waals surface area (Å²) in [6.45, 7) is 0.368. The zero-order valence-electron chi connectivity index (χ0n) is 8.57. The Kier molecular flexibility index (Phi) is 4.98. The van der Waals surface area contributed by atoms with Gasteiger partial charge in [-0.1, -0.05) is 12.1 Å². The molecule has 16 heavy (non-hydrogen) atoms. The van der Waals surface area contributed by atoms with E-state index in [1.807, 2.05) is 6.07 Å². The van der Waals surface area contributed by atoms with Crippen molar-refractivity contribution in [2.24, 2.45) is 0 Å². The maximum absolute atomic E-state index is 11.6. The molecule has 2 N–H and O–H groups in total. The van der Waals surface area contributed by atoms with Crippen LogP contribution in [0.2, 0.25) is 0 Å². The Hall–Kier alpha value is -1.36. The number of rotatable bonds is 5. The first-order chi connectivity index (χ1) is 7.61. The van der Waals surface area contributed by atoms with Crippen molar-refractivity contribution < 1.29 is 14.7 Å². The van der Waals surface area contributed by atoms with Crippen LogP contribution >= 0.6 is 15.9 Å². The van der Waals surface area contributed by atoms with Gasteiger partial charge in [0.1, 0.15) is 0 Å². The quantitative estimate of drug-likeness (QED) is 0.814. The normalized spacial score (nSPS) is 9.81. The number of hydrogen-bond acceptors (Lipinski definition) is 2. The summed E-state index contributed by atoms with van der Waals surface area (Å²) in [5.41, 5.74) is 0.554. The van der Waals surface area contributed by atoms with Crippen molar-refractivity contribution in [1.82, 2.24) is 5.32 Å². The topological polar surface area (TPSA) is 66.4 Å². The van der Waals surface area contributed by atoms with Gasteiger partial charge in [-0.3, -0.25) is 9.59 Å². The summed E-state index contributed by atoms with van der Waals surface area (Å²) in [5, 5.41) is 11.1. The van der Waals surface area contributed by atoms with Crippen molar-refractivity contribution in [3.8, 4) is 0 Å². The molecule has 1 rings (SSSR count). The van der Waals surface area contributed by atoms with Crippen molar-refractivity contribution in [3.63, 3.8) is 0 Å². The van der Waals surface area contributed by atoms with Crippen LogP contribution in [0.5, 0.6) is 0 Å². The number of amides is 1. The number of halogens is 1. The van der Waals surface area contributed by atoms with Crippen LogP contribution in [0, 0.1) is 0 Å². The largest absolute Gasteiger partial charge is 0.481 e. The number of benzene rings is 1. The fraction of sp³-hybridized carbons (Fsp3) is 0.273. The highest BCUT2D eigenvalue weighted by Crippen LogP contribution is 2.15. The minimum absolute atomic E-state index is 0.0657. The zero-order valence-corrected chi connectivity index (χ0v) is 10.2. The molecule has 86 valence electrons. The second-order valence-corrected chi connectivity index (χ2v) is 4.09. The number of hydrogen-bond donors (Lipinski definition) is 2. The first-order valence-corrected chi connectivity index (χ1v) is 5.65. The second kappa shape index (κ2) is 6.27. The molecule has 0 aromatic heterocycles. The van der Waals surface area contributed by atoms with E-state index in [4.69, 9.17) is 5.11 Å². The van der Waals surface area contributed by atoms with Gasteiger partial charge in [-0.2, -0.15) is 0 Å². The first kappa shape index (κ1) is 12.7. The standard InChI is InChI=1S/C11H12BrNO3/c12-9-5-2-1-4-8(9)11(16)13-7-3-6-10(14)15/h1-2,4-5H,3,6-7H2,(H,13,16)(H,14,15). The molecule has 0 atom stereocenters. The number of carbonyl (C=O) groups is 2. The van der Waals surface area contributed by atoms with E-state index in [1.54, 1.807) is 18.2 Å². The molecule has 0 heterocycles. The Balaban J connectivity index is 2.41. The molecule has 4 nitrogen and oxygen atoms in total. The smallest absolute Gasteiger partial charge is 0.303 e. The molecule has 0 bridgehead atoms.